The molecule has 0 saturated carbocycles. The molecule has 0 heterocycles. The highest BCUT2D eigenvalue weighted by Crippen LogP contribution is 2.43. The lowest BCUT2D eigenvalue weighted by atomic mass is 10.0. The summed E-state index contributed by atoms with van der Waals surface area (Å²) in [6.45, 7) is 4.55. The Morgan fingerprint density at radius 1 is 0.673 bits per heavy atom. The van der Waals surface area contributed by atoms with E-state index in [0.717, 1.165) is 44.9 Å². The quantitative estimate of drug-likeness (QED) is 0.0251. The molecule has 8 nitrogen and oxygen atoms in total. The average Bonchev–Trinajstić information content (AvgIpc) is 3.09. The predicted molar refractivity (Wildman–Crippen MR) is 221 cm³/mol. The molecule has 3 N–H and O–H groups in total. The lowest BCUT2D eigenvalue weighted by Gasteiger charge is -2.25. The van der Waals surface area contributed by atoms with Crippen LogP contribution in [-0.2, 0) is 18.4 Å². The summed E-state index contributed by atoms with van der Waals surface area (Å²) in [5.41, 5.74) is 0. The zero-order valence-electron chi connectivity index (χ0n) is 34.5. The number of quaternary nitrogens is 1. The van der Waals surface area contributed by atoms with Crippen molar-refractivity contribution in [2.45, 2.75) is 193 Å². The molecule has 1 amide bonds. The van der Waals surface area contributed by atoms with Gasteiger partial charge in [-0.05, 0) is 39.0 Å². The van der Waals surface area contributed by atoms with Crippen molar-refractivity contribution in [3.8, 4) is 0 Å². The fraction of sp³-hybridized carbons (Fsp3) is 0.837. The van der Waals surface area contributed by atoms with Crippen molar-refractivity contribution in [2.24, 2.45) is 0 Å². The van der Waals surface area contributed by atoms with Crippen molar-refractivity contribution in [2.75, 3.05) is 40.9 Å². The summed E-state index contributed by atoms with van der Waals surface area (Å²) in [5, 5.41) is 13.7. The van der Waals surface area contributed by atoms with E-state index in [-0.39, 0.29) is 19.1 Å². The van der Waals surface area contributed by atoms with Gasteiger partial charge in [0.1, 0.15) is 13.2 Å². The van der Waals surface area contributed by atoms with Gasteiger partial charge >= 0.3 is 7.82 Å². The van der Waals surface area contributed by atoms with Crippen molar-refractivity contribution >= 4 is 13.7 Å². The number of allylic oxidation sites excluding steroid dienone is 5. The van der Waals surface area contributed by atoms with E-state index in [1.165, 1.54) is 116 Å². The molecule has 0 aliphatic rings. The number of nitrogens with one attached hydrogen (secondary N) is 1. The van der Waals surface area contributed by atoms with Crippen molar-refractivity contribution < 1.29 is 32.9 Å². The second-order valence-corrected chi connectivity index (χ2v) is 17.2. The summed E-state index contributed by atoms with van der Waals surface area (Å²) in [7, 11) is 1.54. The van der Waals surface area contributed by atoms with Gasteiger partial charge in [0.25, 0.3) is 0 Å². The van der Waals surface area contributed by atoms with Crippen LogP contribution in [0.2, 0.25) is 0 Å². The Kier molecular flexibility index (Phi) is 34.6. The normalized spacial score (nSPS) is 14.8. The Balaban J connectivity index is 4.25. The van der Waals surface area contributed by atoms with Crippen LogP contribution in [0.15, 0.2) is 36.5 Å². The van der Waals surface area contributed by atoms with Gasteiger partial charge in [0.05, 0.1) is 39.9 Å². The van der Waals surface area contributed by atoms with Crippen LogP contribution in [0, 0.1) is 0 Å². The number of unbranched alkanes of at least 4 members (excludes halogenated alkanes) is 22. The highest BCUT2D eigenvalue weighted by Gasteiger charge is 2.27. The van der Waals surface area contributed by atoms with Crippen LogP contribution in [0.1, 0.15) is 181 Å². The molecule has 0 aromatic rings. The zero-order valence-corrected chi connectivity index (χ0v) is 35.4. The largest absolute Gasteiger partial charge is 0.472 e. The third-order valence-corrected chi connectivity index (χ3v) is 10.4. The van der Waals surface area contributed by atoms with E-state index in [0.29, 0.717) is 17.4 Å². The Hall–Kier alpha value is -1.28. The number of hydrogen-bond acceptors (Lipinski definition) is 5. The minimum Gasteiger partial charge on any atom is -0.387 e. The Morgan fingerprint density at radius 3 is 1.54 bits per heavy atom. The number of nitrogens with zero attached hydrogens (tertiary/aromatic N) is 1. The van der Waals surface area contributed by atoms with Crippen LogP contribution in [0.3, 0.4) is 0 Å². The van der Waals surface area contributed by atoms with Gasteiger partial charge in [0.2, 0.25) is 5.91 Å². The first kappa shape index (κ1) is 50.7. The number of phosphoric acid groups is 1. The van der Waals surface area contributed by atoms with Gasteiger partial charge in [0, 0.05) is 6.42 Å². The third-order valence-electron chi connectivity index (χ3n) is 9.44. The Labute approximate surface area is 321 Å². The molecule has 0 aromatic heterocycles. The summed E-state index contributed by atoms with van der Waals surface area (Å²) in [6.07, 6.45) is 42.5. The van der Waals surface area contributed by atoms with E-state index >= 15 is 0 Å². The molecule has 3 unspecified atom stereocenters. The fourth-order valence-electron chi connectivity index (χ4n) is 6.02. The van der Waals surface area contributed by atoms with Gasteiger partial charge in [-0.3, -0.25) is 13.8 Å². The standard InChI is InChI=1S/C43H83N2O6P/c1-6-8-10-12-14-16-17-18-19-20-21-22-23-24-25-26-27-29-31-33-35-37-43(47)44-41(40-51-52(48,49)50-39-38-45(3,4)5)42(46)36-34-32-30-28-15-13-11-9-7-2/h7,9,15,28,34,36,41-42,46H,6,8,10-14,16-27,29-33,35,37-40H2,1-5H3,(H-,44,47,48,49)/p+1/b9-7+,28-15+,36-34+. The molecule has 0 bridgehead atoms. The van der Waals surface area contributed by atoms with Gasteiger partial charge in [-0.25, -0.2) is 4.57 Å². The summed E-state index contributed by atoms with van der Waals surface area (Å²) < 4.78 is 23.4. The molecule has 0 fully saturated rings. The molecule has 0 spiro atoms. The molecule has 0 radical (unpaired) electrons. The summed E-state index contributed by atoms with van der Waals surface area (Å²) in [4.78, 5) is 23.0. The maximum Gasteiger partial charge on any atom is 0.472 e. The molecule has 9 heteroatoms. The molecule has 3 atom stereocenters. The molecule has 0 aliphatic carbocycles. The second kappa shape index (κ2) is 35.4. The number of phosphoric ester groups is 1. The Bertz CT molecular complexity index is 948. The van der Waals surface area contributed by atoms with E-state index in [9.17, 15) is 19.4 Å². The topological polar surface area (TPSA) is 105 Å². The predicted octanol–water partition coefficient (Wildman–Crippen LogP) is 11.5. The van der Waals surface area contributed by atoms with E-state index < -0.39 is 20.0 Å². The van der Waals surface area contributed by atoms with Crippen LogP contribution >= 0.6 is 7.82 Å². The molecule has 52 heavy (non-hydrogen) atoms. The SMILES string of the molecule is C/C=C/CC/C=C/CC/C=C/C(O)C(COP(=O)(O)OCC[N+](C)(C)C)NC(=O)CCCCCCCCCCCCCCCCCCCCCCC. The molecular weight excluding hydrogens is 671 g/mol. The maximum absolute atomic E-state index is 12.8. The fourth-order valence-corrected chi connectivity index (χ4v) is 6.76. The van der Waals surface area contributed by atoms with Gasteiger partial charge in [0.15, 0.2) is 0 Å². The van der Waals surface area contributed by atoms with Crippen LogP contribution < -0.4 is 5.32 Å². The van der Waals surface area contributed by atoms with Crippen LogP contribution in [-0.4, -0.2) is 73.4 Å². The van der Waals surface area contributed by atoms with Crippen molar-refractivity contribution in [1.29, 1.82) is 0 Å². The zero-order chi connectivity index (χ0) is 38.6. The smallest absolute Gasteiger partial charge is 0.387 e. The minimum atomic E-state index is -4.34. The maximum atomic E-state index is 12.8. The van der Waals surface area contributed by atoms with Crippen LogP contribution in [0.4, 0.5) is 0 Å². The monoisotopic (exact) mass is 756 g/mol. The number of rotatable bonds is 38. The molecule has 0 aliphatic heterocycles. The summed E-state index contributed by atoms with van der Waals surface area (Å²) in [5.74, 6) is -0.193. The van der Waals surface area contributed by atoms with E-state index in [2.05, 4.69) is 30.5 Å². The molecule has 0 aromatic carbocycles. The Morgan fingerprint density at radius 2 is 1.10 bits per heavy atom. The molecule has 0 rings (SSSR count). The number of aliphatic hydroxyl groups is 1. The van der Waals surface area contributed by atoms with E-state index in [1.54, 1.807) is 6.08 Å². The molecule has 306 valence electrons. The third kappa shape index (κ3) is 37.1. The van der Waals surface area contributed by atoms with Gasteiger partial charge in [-0.15, -0.1) is 0 Å². The highest BCUT2D eigenvalue weighted by atomic mass is 31.2. The number of carbonyl (C=O) groups is 1. The first-order valence-electron chi connectivity index (χ1n) is 21.3. The number of amides is 1. The number of likely N-dealkylation sites (N-methyl/N-ethyl adjacent to an activating group) is 1. The first-order valence-corrected chi connectivity index (χ1v) is 22.8. The number of aliphatic hydroxyl groups excluding tert-OH is 1. The second-order valence-electron chi connectivity index (χ2n) is 15.7. The number of hydrogen-bond donors (Lipinski definition) is 3. The lowest BCUT2D eigenvalue weighted by Crippen LogP contribution is -2.45. The minimum absolute atomic E-state index is 0.0541. The lowest BCUT2D eigenvalue weighted by molar-refractivity contribution is -0.870. The first-order chi connectivity index (χ1) is 25.0. The van der Waals surface area contributed by atoms with Gasteiger partial charge in [-0.1, -0.05) is 172 Å². The average molecular weight is 756 g/mol. The van der Waals surface area contributed by atoms with Crippen molar-refractivity contribution in [1.82, 2.24) is 5.32 Å². The molecular formula is C43H84N2O6P+. The van der Waals surface area contributed by atoms with Crippen LogP contribution in [0.5, 0.6) is 0 Å². The summed E-state index contributed by atoms with van der Waals surface area (Å²) >= 11 is 0. The van der Waals surface area contributed by atoms with Crippen molar-refractivity contribution in [3.63, 3.8) is 0 Å². The van der Waals surface area contributed by atoms with Gasteiger partial charge < -0.3 is 19.8 Å². The van der Waals surface area contributed by atoms with E-state index in [4.69, 9.17) is 9.05 Å². The van der Waals surface area contributed by atoms with E-state index in [1.807, 2.05) is 40.2 Å². The summed E-state index contributed by atoms with van der Waals surface area (Å²) in [6, 6.07) is -0.863. The highest BCUT2D eigenvalue weighted by molar-refractivity contribution is 7.47. The van der Waals surface area contributed by atoms with Crippen molar-refractivity contribution in [3.05, 3.63) is 36.5 Å². The number of carbonyl (C=O) groups excluding carboxylic acids is 1. The van der Waals surface area contributed by atoms with Crippen LogP contribution in [0.25, 0.3) is 0 Å². The molecule has 0 saturated heterocycles. The van der Waals surface area contributed by atoms with Gasteiger partial charge in [-0.2, -0.15) is 0 Å².